The summed E-state index contributed by atoms with van der Waals surface area (Å²) < 4.78 is 4.81. The van der Waals surface area contributed by atoms with Crippen molar-refractivity contribution in [1.29, 1.82) is 0 Å². The Bertz CT molecular complexity index is 4500. The van der Waals surface area contributed by atoms with E-state index in [1.54, 1.807) is 0 Å². The van der Waals surface area contributed by atoms with Crippen LogP contribution in [0.1, 0.15) is 49.9 Å². The first-order valence-corrected chi connectivity index (χ1v) is 27.5. The third-order valence-electron chi connectivity index (χ3n) is 17.3. The third kappa shape index (κ3) is 7.13. The van der Waals surface area contributed by atoms with Crippen LogP contribution in [0.25, 0.3) is 71.8 Å². The molecular weight excluding hydrogens is 945 g/mol. The molecule has 1 unspecified atom stereocenters. The molecule has 0 amide bonds. The highest BCUT2D eigenvalue weighted by atomic mass is 15.2. The molecule has 2 heterocycles. The van der Waals surface area contributed by atoms with Gasteiger partial charge >= 0.3 is 0 Å². The van der Waals surface area contributed by atoms with Crippen molar-refractivity contribution in [3.05, 3.63) is 300 Å². The molecule has 4 aliphatic carbocycles. The van der Waals surface area contributed by atoms with E-state index in [-0.39, 0.29) is 5.92 Å². The van der Waals surface area contributed by atoms with E-state index < -0.39 is 11.1 Å². The minimum atomic E-state index is -0.507. The summed E-state index contributed by atoms with van der Waals surface area (Å²) in [4.78, 5) is 5.17. The zero-order chi connectivity index (χ0) is 52.3. The Labute approximate surface area is 456 Å². The van der Waals surface area contributed by atoms with Gasteiger partial charge in [0.25, 0.3) is 0 Å². The largest absolute Gasteiger partial charge is 0.332 e. The van der Waals surface area contributed by atoms with Crippen LogP contribution in [0.3, 0.4) is 0 Å². The zero-order valence-corrected chi connectivity index (χ0v) is 44.4. The molecule has 0 aliphatic heterocycles. The van der Waals surface area contributed by atoms with E-state index in [2.05, 4.69) is 308 Å². The van der Waals surface area contributed by atoms with E-state index in [1.165, 1.54) is 99.1 Å². The molecule has 0 fully saturated rings. The monoisotopic (exact) mass is 1000 g/mol. The second-order valence-electron chi connectivity index (χ2n) is 22.5. The zero-order valence-electron chi connectivity index (χ0n) is 44.4. The molecule has 0 bridgehead atoms. The Kier molecular flexibility index (Phi) is 10.4. The van der Waals surface area contributed by atoms with Gasteiger partial charge in [0.2, 0.25) is 0 Å². The summed E-state index contributed by atoms with van der Waals surface area (Å²) in [6.45, 7) is 9.57. The normalized spacial score (nSPS) is 15.7. The second-order valence-corrected chi connectivity index (χ2v) is 22.5. The van der Waals surface area contributed by atoms with Gasteiger partial charge in [-0.25, -0.2) is 0 Å². The summed E-state index contributed by atoms with van der Waals surface area (Å²) in [5, 5.41) is 7.55. The first kappa shape index (κ1) is 46.0. The molecule has 0 N–H and O–H groups in total. The highest BCUT2D eigenvalue weighted by Gasteiger charge is 2.37. The number of aromatic nitrogens is 2. The molecule has 0 saturated heterocycles. The lowest BCUT2D eigenvalue weighted by Gasteiger charge is -2.44. The van der Waals surface area contributed by atoms with E-state index in [9.17, 15) is 0 Å². The molecule has 0 saturated carbocycles. The van der Waals surface area contributed by atoms with Gasteiger partial charge in [0.15, 0.2) is 0 Å². The predicted octanol–water partition coefficient (Wildman–Crippen LogP) is 18.9. The van der Waals surface area contributed by atoms with E-state index in [0.29, 0.717) is 0 Å². The van der Waals surface area contributed by atoms with E-state index in [1.807, 2.05) is 0 Å². The number of hydrogen-bond donors (Lipinski definition) is 0. The van der Waals surface area contributed by atoms with Crippen molar-refractivity contribution in [3.8, 4) is 11.4 Å². The Morgan fingerprint density at radius 1 is 0.423 bits per heavy atom. The molecule has 0 spiro atoms. The number of hydrogen-bond acceptors (Lipinski definition) is 2. The van der Waals surface area contributed by atoms with Crippen LogP contribution < -0.4 is 9.80 Å². The molecule has 2 aromatic heterocycles. The summed E-state index contributed by atoms with van der Waals surface area (Å²) in [5.41, 5.74) is 19.8. The number of rotatable bonds is 10. The number of anilines is 3. The number of allylic oxidation sites excluding steroid dienone is 12. The summed E-state index contributed by atoms with van der Waals surface area (Å²) >= 11 is 0. The molecule has 374 valence electrons. The van der Waals surface area contributed by atoms with Crippen molar-refractivity contribution in [2.24, 2.45) is 5.92 Å². The van der Waals surface area contributed by atoms with Gasteiger partial charge in [-0.1, -0.05) is 164 Å². The van der Waals surface area contributed by atoms with Gasteiger partial charge in [0.1, 0.15) is 0 Å². The van der Waals surface area contributed by atoms with E-state index in [0.717, 1.165) is 34.9 Å². The van der Waals surface area contributed by atoms with Gasteiger partial charge in [0.05, 0.1) is 33.1 Å². The molecule has 9 aromatic carbocycles. The minimum Gasteiger partial charge on any atom is -0.332 e. The second kappa shape index (κ2) is 17.6. The first-order chi connectivity index (χ1) is 38.2. The molecule has 11 aromatic rings. The van der Waals surface area contributed by atoms with Crippen LogP contribution in [-0.2, 0) is 17.5 Å². The number of benzene rings is 9. The Hall–Kier alpha value is -9.38. The molecule has 15 rings (SSSR count). The number of para-hydroxylation sites is 4. The minimum absolute atomic E-state index is 0.243. The number of nitrogens with zero attached hydrogens (tertiary/aromatic N) is 4. The van der Waals surface area contributed by atoms with Crippen LogP contribution in [0.5, 0.6) is 0 Å². The van der Waals surface area contributed by atoms with Crippen LogP contribution in [0, 0.1) is 5.92 Å². The molecule has 0 radical (unpaired) electrons. The van der Waals surface area contributed by atoms with Crippen molar-refractivity contribution < 1.29 is 0 Å². The van der Waals surface area contributed by atoms with E-state index in [4.69, 9.17) is 0 Å². The van der Waals surface area contributed by atoms with Crippen molar-refractivity contribution in [2.75, 3.05) is 9.80 Å². The molecule has 4 heteroatoms. The Morgan fingerprint density at radius 2 is 0.962 bits per heavy atom. The predicted molar refractivity (Wildman–Crippen MR) is 329 cm³/mol. The Balaban J connectivity index is 0.881. The van der Waals surface area contributed by atoms with Crippen LogP contribution in [0.15, 0.2) is 277 Å². The fourth-order valence-electron chi connectivity index (χ4n) is 13.6. The fourth-order valence-corrected chi connectivity index (χ4v) is 13.6. The lowest BCUT2D eigenvalue weighted by molar-refractivity contribution is 0.515. The SMILES string of the molecule is CC(C)(c1ccc(C(C)(C)N(c2cc3c4c(cccc4c2)CC=C3)c2ccc3c(c2)c2ccccc2n3-c2ccccc2)cc1)N(C1=CC2=CC=CC3=CC=CC(=C1)C32)c1ccc2c(c1)c1ccccc1n2-c1ccccc1. The fraction of sp³-hybridized carbons (Fsp3) is 0.108. The average Bonchev–Trinajstić information content (AvgIpc) is 4.10. The smallest absolute Gasteiger partial charge is 0.0646 e. The van der Waals surface area contributed by atoms with Crippen LogP contribution in [0.2, 0.25) is 0 Å². The topological polar surface area (TPSA) is 16.3 Å². The maximum atomic E-state index is 2.59. The molecule has 78 heavy (non-hydrogen) atoms. The summed E-state index contributed by atoms with van der Waals surface area (Å²) in [6, 6.07) is 74.6. The summed E-state index contributed by atoms with van der Waals surface area (Å²) in [5.74, 6) is 0.243. The van der Waals surface area contributed by atoms with E-state index >= 15 is 0 Å². The van der Waals surface area contributed by atoms with Gasteiger partial charge in [-0.05, 0) is 181 Å². The van der Waals surface area contributed by atoms with Crippen LogP contribution in [0.4, 0.5) is 17.1 Å². The lowest BCUT2D eigenvalue weighted by atomic mass is 9.75. The van der Waals surface area contributed by atoms with Gasteiger partial charge in [-0.15, -0.1) is 0 Å². The van der Waals surface area contributed by atoms with Gasteiger partial charge in [0, 0.05) is 61.6 Å². The highest BCUT2D eigenvalue weighted by Crippen LogP contribution is 2.49. The van der Waals surface area contributed by atoms with Crippen molar-refractivity contribution in [1.82, 2.24) is 9.13 Å². The average molecular weight is 1000 g/mol. The van der Waals surface area contributed by atoms with Crippen molar-refractivity contribution in [2.45, 2.75) is 45.2 Å². The van der Waals surface area contributed by atoms with Gasteiger partial charge in [-0.3, -0.25) is 0 Å². The molecule has 1 atom stereocenters. The van der Waals surface area contributed by atoms with Gasteiger partial charge < -0.3 is 18.9 Å². The maximum Gasteiger partial charge on any atom is 0.0646 e. The van der Waals surface area contributed by atoms with Crippen LogP contribution >= 0.6 is 0 Å². The first-order valence-electron chi connectivity index (χ1n) is 27.5. The standard InChI is InChI=1S/C74H58N4/c1-73(2,77(61-43-51-23-15-19-49-20-16-24-52(44-61)71(49)51)59-39-41-69-65(47-59)63-31-11-13-33-67(63)75(69)57-27-7-5-8-28-57)55-35-37-56(38-36-55)74(3,4)78(62-45-53-25-17-21-50-22-18-26-54(46-62)72(50)53)60-40-42-70-66(48-60)64-32-12-14-34-68(64)76(70)58-29-9-6-10-30-58/h5-21,23-48,71H,22H2,1-4H3. The summed E-state index contributed by atoms with van der Waals surface area (Å²) in [6.07, 6.45) is 24.0. The molecule has 4 nitrogen and oxygen atoms in total. The van der Waals surface area contributed by atoms with Crippen molar-refractivity contribution >= 4 is 77.5 Å². The molecular formula is C74H58N4. The molecule has 4 aliphatic rings. The Morgan fingerprint density at radius 3 is 1.59 bits per heavy atom. The summed E-state index contributed by atoms with van der Waals surface area (Å²) in [7, 11) is 0. The maximum absolute atomic E-state index is 2.59. The van der Waals surface area contributed by atoms with Gasteiger partial charge in [-0.2, -0.15) is 0 Å². The van der Waals surface area contributed by atoms with Crippen molar-refractivity contribution in [3.63, 3.8) is 0 Å². The quantitative estimate of drug-likeness (QED) is 0.136. The van der Waals surface area contributed by atoms with Crippen LogP contribution in [-0.4, -0.2) is 9.13 Å². The third-order valence-corrected chi connectivity index (χ3v) is 17.3. The lowest BCUT2D eigenvalue weighted by Crippen LogP contribution is -2.42. The highest BCUT2D eigenvalue weighted by molar-refractivity contribution is 6.12. The number of fused-ring (bicyclic) bond motifs is 6.